The zero-order valence-electron chi connectivity index (χ0n) is 17.3. The first-order valence-electron chi connectivity index (χ1n) is 10.1. The van der Waals surface area contributed by atoms with Crippen LogP contribution < -0.4 is 15.4 Å². The minimum absolute atomic E-state index is 0.371. The van der Waals surface area contributed by atoms with Crippen LogP contribution in [0.3, 0.4) is 0 Å². The van der Waals surface area contributed by atoms with Crippen LogP contribution in [0.2, 0.25) is 0 Å². The van der Waals surface area contributed by atoms with E-state index in [-0.39, 0.29) is 5.82 Å². The fraction of sp³-hybridized carbons (Fsp3) is 0.261. The highest BCUT2D eigenvalue weighted by atomic mass is 19.1. The third-order valence-corrected chi connectivity index (χ3v) is 5.01. The molecule has 31 heavy (non-hydrogen) atoms. The highest BCUT2D eigenvalue weighted by Gasteiger charge is 2.34. The van der Waals surface area contributed by atoms with E-state index in [1.165, 1.54) is 12.1 Å². The Labute approximate surface area is 179 Å². The molecular weight excluding hydrogens is 399 g/mol. The van der Waals surface area contributed by atoms with Crippen LogP contribution in [0.1, 0.15) is 31.9 Å². The van der Waals surface area contributed by atoms with Crippen molar-refractivity contribution in [1.82, 2.24) is 20.4 Å². The van der Waals surface area contributed by atoms with Gasteiger partial charge in [-0.3, -0.25) is 10.1 Å². The fourth-order valence-corrected chi connectivity index (χ4v) is 3.31. The van der Waals surface area contributed by atoms with Gasteiger partial charge in [-0.15, -0.1) is 0 Å². The van der Waals surface area contributed by atoms with Crippen LogP contribution in [0, 0.1) is 11.7 Å². The molecule has 2 aromatic carbocycles. The second kappa shape index (κ2) is 8.59. The summed E-state index contributed by atoms with van der Waals surface area (Å²) >= 11 is 0. The van der Waals surface area contributed by atoms with Gasteiger partial charge in [-0.05, 0) is 60.9 Å². The molecule has 1 aliphatic rings. The normalized spacial score (nSPS) is 15.8. The molecule has 1 aromatic heterocycles. The number of hydrogen-bond acceptors (Lipinski definition) is 4. The van der Waals surface area contributed by atoms with E-state index < -0.39 is 18.0 Å². The molecule has 0 saturated carbocycles. The molecule has 0 spiro atoms. The van der Waals surface area contributed by atoms with Gasteiger partial charge in [0.1, 0.15) is 17.6 Å². The van der Waals surface area contributed by atoms with Crippen molar-refractivity contribution >= 4 is 11.9 Å². The van der Waals surface area contributed by atoms with Gasteiger partial charge >= 0.3 is 6.03 Å². The number of ether oxygens (including phenoxy) is 1. The summed E-state index contributed by atoms with van der Waals surface area (Å²) in [6.45, 7) is 4.94. The van der Waals surface area contributed by atoms with E-state index >= 15 is 0 Å². The number of benzene rings is 2. The lowest BCUT2D eigenvalue weighted by molar-refractivity contribution is -0.120. The highest BCUT2D eigenvalue weighted by molar-refractivity contribution is 6.05. The number of nitrogens with one attached hydrogen (secondary N) is 2. The third-order valence-electron chi connectivity index (χ3n) is 5.01. The van der Waals surface area contributed by atoms with Gasteiger partial charge in [0, 0.05) is 17.3 Å². The second-order valence-corrected chi connectivity index (χ2v) is 7.81. The molecule has 0 bridgehead atoms. The second-order valence-electron chi connectivity index (χ2n) is 7.81. The predicted molar refractivity (Wildman–Crippen MR) is 113 cm³/mol. The molecule has 2 heterocycles. The molecule has 4 rings (SSSR count). The van der Waals surface area contributed by atoms with E-state index in [1.807, 2.05) is 24.3 Å². The lowest BCUT2D eigenvalue weighted by atomic mass is 10.0. The van der Waals surface area contributed by atoms with Crippen molar-refractivity contribution in [2.75, 3.05) is 6.61 Å². The van der Waals surface area contributed by atoms with Gasteiger partial charge in [0.25, 0.3) is 5.91 Å². The van der Waals surface area contributed by atoms with E-state index in [1.54, 1.807) is 23.0 Å². The minimum Gasteiger partial charge on any atom is -0.494 e. The zero-order valence-corrected chi connectivity index (χ0v) is 17.3. The summed E-state index contributed by atoms with van der Waals surface area (Å²) in [6.07, 6.45) is 2.67. The van der Waals surface area contributed by atoms with E-state index in [2.05, 4.69) is 29.6 Å². The number of halogens is 1. The maximum Gasteiger partial charge on any atom is 0.322 e. The summed E-state index contributed by atoms with van der Waals surface area (Å²) in [6, 6.07) is 11.8. The Morgan fingerprint density at radius 1 is 1.10 bits per heavy atom. The van der Waals surface area contributed by atoms with E-state index in [9.17, 15) is 14.0 Å². The summed E-state index contributed by atoms with van der Waals surface area (Å²) in [7, 11) is 0. The molecule has 0 aliphatic carbocycles. The van der Waals surface area contributed by atoms with E-state index in [4.69, 9.17) is 4.74 Å². The summed E-state index contributed by atoms with van der Waals surface area (Å²) < 4.78 is 20.8. The van der Waals surface area contributed by atoms with Crippen LogP contribution in [0.4, 0.5) is 9.18 Å². The number of rotatable bonds is 7. The summed E-state index contributed by atoms with van der Waals surface area (Å²) in [5.74, 6) is 0.504. The van der Waals surface area contributed by atoms with Gasteiger partial charge in [0.05, 0.1) is 18.0 Å². The largest absolute Gasteiger partial charge is 0.494 e. The predicted octanol–water partition coefficient (Wildman–Crippen LogP) is 3.98. The molecule has 8 heteroatoms. The van der Waals surface area contributed by atoms with Crippen LogP contribution in [-0.2, 0) is 4.79 Å². The molecule has 1 atom stereocenters. The Morgan fingerprint density at radius 2 is 1.81 bits per heavy atom. The first-order valence-corrected chi connectivity index (χ1v) is 10.1. The fourth-order valence-electron chi connectivity index (χ4n) is 3.31. The lowest BCUT2D eigenvalue weighted by Crippen LogP contribution is -2.22. The Kier molecular flexibility index (Phi) is 5.70. The molecule has 3 amide bonds. The van der Waals surface area contributed by atoms with Crippen LogP contribution in [-0.4, -0.2) is 28.3 Å². The average Bonchev–Trinajstić information content (AvgIpc) is 3.31. The highest BCUT2D eigenvalue weighted by Crippen LogP contribution is 2.30. The summed E-state index contributed by atoms with van der Waals surface area (Å²) in [5.41, 5.74) is 2.40. The molecule has 1 unspecified atom stereocenters. The van der Waals surface area contributed by atoms with Crippen molar-refractivity contribution < 1.29 is 18.7 Å². The van der Waals surface area contributed by atoms with Crippen LogP contribution in [0.15, 0.2) is 54.7 Å². The molecular formula is C23H23FN4O3. The maximum absolute atomic E-state index is 13.4. The van der Waals surface area contributed by atoms with Crippen molar-refractivity contribution in [2.45, 2.75) is 26.3 Å². The molecule has 1 saturated heterocycles. The number of imide groups is 1. The molecule has 7 nitrogen and oxygen atoms in total. The van der Waals surface area contributed by atoms with Gasteiger partial charge in [-0.2, -0.15) is 5.10 Å². The van der Waals surface area contributed by atoms with Crippen molar-refractivity contribution in [1.29, 1.82) is 0 Å². The van der Waals surface area contributed by atoms with Gasteiger partial charge in [0.15, 0.2) is 0 Å². The summed E-state index contributed by atoms with van der Waals surface area (Å²) in [4.78, 5) is 23.9. The molecule has 2 N–H and O–H groups in total. The number of amides is 3. The van der Waals surface area contributed by atoms with Crippen molar-refractivity contribution in [2.24, 2.45) is 5.92 Å². The van der Waals surface area contributed by atoms with Crippen molar-refractivity contribution in [3.8, 4) is 22.7 Å². The zero-order chi connectivity index (χ0) is 22.0. The molecule has 1 fully saturated rings. The smallest absolute Gasteiger partial charge is 0.322 e. The standard InChI is InChI=1S/C23H23FN4O3/c1-14(2)11-12-31-18-9-7-17(8-10-18)28-13-19(21-22(29)26-23(30)25-21)20(27-28)15-3-5-16(24)6-4-15/h3-10,13-14,21H,11-12H2,1-2H3,(H2,25,26,29,30). The monoisotopic (exact) mass is 422 g/mol. The Bertz CT molecular complexity index is 1090. The maximum atomic E-state index is 13.4. The SMILES string of the molecule is CC(C)CCOc1ccc(-n2cc(C3NC(=O)NC3=O)c(-c3ccc(F)cc3)n2)cc1. The van der Waals surface area contributed by atoms with Crippen molar-refractivity contribution in [3.05, 3.63) is 66.1 Å². The van der Waals surface area contributed by atoms with Gasteiger partial charge in [0.2, 0.25) is 0 Å². The number of urea groups is 1. The van der Waals surface area contributed by atoms with Gasteiger partial charge < -0.3 is 10.1 Å². The van der Waals surface area contributed by atoms with Gasteiger partial charge in [-0.25, -0.2) is 13.9 Å². The topological polar surface area (TPSA) is 85.2 Å². The van der Waals surface area contributed by atoms with Gasteiger partial charge in [-0.1, -0.05) is 13.8 Å². The number of nitrogens with zero attached hydrogens (tertiary/aromatic N) is 2. The minimum atomic E-state index is -0.875. The lowest BCUT2D eigenvalue weighted by Gasteiger charge is -2.09. The van der Waals surface area contributed by atoms with Crippen LogP contribution >= 0.6 is 0 Å². The first kappa shape index (κ1) is 20.6. The Morgan fingerprint density at radius 3 is 2.42 bits per heavy atom. The number of hydrogen-bond donors (Lipinski definition) is 2. The number of carbonyl (C=O) groups excluding carboxylic acids is 2. The molecule has 1 aliphatic heterocycles. The first-order chi connectivity index (χ1) is 14.9. The molecule has 0 radical (unpaired) electrons. The van der Waals surface area contributed by atoms with E-state index in [0.29, 0.717) is 29.3 Å². The quantitative estimate of drug-likeness (QED) is 0.564. The van der Waals surface area contributed by atoms with E-state index in [0.717, 1.165) is 17.9 Å². The summed E-state index contributed by atoms with van der Waals surface area (Å²) in [5, 5.41) is 9.46. The number of aromatic nitrogens is 2. The number of carbonyl (C=O) groups is 2. The van der Waals surface area contributed by atoms with Crippen molar-refractivity contribution in [3.63, 3.8) is 0 Å². The van der Waals surface area contributed by atoms with Crippen LogP contribution in [0.5, 0.6) is 5.75 Å². The Balaban J connectivity index is 1.65. The average molecular weight is 422 g/mol. The molecule has 3 aromatic rings. The van der Waals surface area contributed by atoms with Crippen LogP contribution in [0.25, 0.3) is 16.9 Å². The molecule has 160 valence electrons. The Hall–Kier alpha value is -3.68. The third kappa shape index (κ3) is 4.58.